The molecule has 1 amide bonds. The Labute approximate surface area is 103 Å². The highest BCUT2D eigenvalue weighted by atomic mass is 16.5. The van der Waals surface area contributed by atoms with Crippen LogP contribution in [0.3, 0.4) is 0 Å². The van der Waals surface area contributed by atoms with E-state index < -0.39 is 17.8 Å². The van der Waals surface area contributed by atoms with Crippen LogP contribution in [0.2, 0.25) is 0 Å². The zero-order valence-electron chi connectivity index (χ0n) is 9.75. The molecule has 0 aliphatic heterocycles. The first kappa shape index (κ1) is 13.7. The number of carbonyl (C=O) groups is 3. The van der Waals surface area contributed by atoms with Crippen LogP contribution in [0.15, 0.2) is 12.4 Å². The fourth-order valence-electron chi connectivity index (χ4n) is 1.17. The number of hydrogen-bond acceptors (Lipinski definition) is 5. The van der Waals surface area contributed by atoms with Gasteiger partial charge in [0, 0.05) is 6.20 Å². The second-order valence-corrected chi connectivity index (χ2v) is 3.31. The number of aromatic nitrogens is 2. The fourth-order valence-corrected chi connectivity index (χ4v) is 1.17. The molecule has 0 saturated carbocycles. The van der Waals surface area contributed by atoms with Gasteiger partial charge in [-0.15, -0.1) is 0 Å². The zero-order valence-corrected chi connectivity index (χ0v) is 9.75. The van der Waals surface area contributed by atoms with Crippen molar-refractivity contribution in [1.29, 1.82) is 0 Å². The van der Waals surface area contributed by atoms with Crippen LogP contribution in [-0.2, 0) is 20.9 Å². The van der Waals surface area contributed by atoms with Crippen LogP contribution in [-0.4, -0.2) is 45.9 Å². The lowest BCUT2D eigenvalue weighted by Crippen LogP contribution is -2.30. The van der Waals surface area contributed by atoms with Gasteiger partial charge in [0.1, 0.15) is 13.1 Å². The number of nitrogens with zero attached hydrogens (tertiary/aromatic N) is 2. The molecule has 8 nitrogen and oxygen atoms in total. The van der Waals surface area contributed by atoms with Gasteiger partial charge in [0.2, 0.25) is 0 Å². The number of hydrogen-bond donors (Lipinski definition) is 2. The summed E-state index contributed by atoms with van der Waals surface area (Å²) in [5.74, 6) is -2.11. The van der Waals surface area contributed by atoms with Crippen LogP contribution >= 0.6 is 0 Å². The van der Waals surface area contributed by atoms with Crippen molar-refractivity contribution in [3.8, 4) is 0 Å². The Kier molecular flexibility index (Phi) is 4.85. The molecule has 0 aliphatic carbocycles. The summed E-state index contributed by atoms with van der Waals surface area (Å²) >= 11 is 0. The molecule has 0 bridgehead atoms. The number of carboxylic acid groups (broad SMARTS) is 1. The lowest BCUT2D eigenvalue weighted by Gasteiger charge is -2.02. The molecule has 1 rings (SSSR count). The molecule has 1 aromatic heterocycles. The SMILES string of the molecule is CCOC(=O)CNC(=O)c1cnn(CC(=O)O)c1. The van der Waals surface area contributed by atoms with Gasteiger partial charge in [-0.2, -0.15) is 5.10 Å². The second kappa shape index (κ2) is 6.38. The van der Waals surface area contributed by atoms with Gasteiger partial charge in [-0.1, -0.05) is 0 Å². The minimum Gasteiger partial charge on any atom is -0.480 e. The van der Waals surface area contributed by atoms with E-state index in [1.165, 1.54) is 12.4 Å². The lowest BCUT2D eigenvalue weighted by molar-refractivity contribution is -0.142. The maximum atomic E-state index is 11.5. The van der Waals surface area contributed by atoms with E-state index in [9.17, 15) is 14.4 Å². The number of carboxylic acids is 1. The largest absolute Gasteiger partial charge is 0.480 e. The quantitative estimate of drug-likeness (QED) is 0.648. The molecule has 0 unspecified atom stereocenters. The molecule has 18 heavy (non-hydrogen) atoms. The van der Waals surface area contributed by atoms with Crippen LogP contribution in [0.1, 0.15) is 17.3 Å². The van der Waals surface area contributed by atoms with Crippen molar-refractivity contribution in [3.63, 3.8) is 0 Å². The number of carbonyl (C=O) groups excluding carboxylic acids is 2. The van der Waals surface area contributed by atoms with Crippen molar-refractivity contribution in [3.05, 3.63) is 18.0 Å². The molecule has 1 heterocycles. The predicted molar refractivity (Wildman–Crippen MR) is 58.8 cm³/mol. The highest BCUT2D eigenvalue weighted by Crippen LogP contribution is 1.97. The van der Waals surface area contributed by atoms with Crippen LogP contribution < -0.4 is 5.32 Å². The minimum atomic E-state index is -1.06. The third-order valence-corrected chi connectivity index (χ3v) is 1.89. The van der Waals surface area contributed by atoms with Crippen LogP contribution in [0.5, 0.6) is 0 Å². The smallest absolute Gasteiger partial charge is 0.325 e. The van der Waals surface area contributed by atoms with Crippen molar-refractivity contribution in [2.24, 2.45) is 0 Å². The van der Waals surface area contributed by atoms with Crippen LogP contribution in [0.25, 0.3) is 0 Å². The van der Waals surface area contributed by atoms with Gasteiger partial charge in [0.15, 0.2) is 0 Å². The van der Waals surface area contributed by atoms with Gasteiger partial charge in [-0.3, -0.25) is 19.1 Å². The molecule has 1 aromatic rings. The normalized spacial score (nSPS) is 9.83. The fraction of sp³-hybridized carbons (Fsp3) is 0.400. The molecule has 0 spiro atoms. The molecule has 2 N–H and O–H groups in total. The molecular weight excluding hydrogens is 242 g/mol. The molecule has 0 aliphatic rings. The summed E-state index contributed by atoms with van der Waals surface area (Å²) in [6.07, 6.45) is 2.51. The van der Waals surface area contributed by atoms with E-state index in [0.717, 1.165) is 4.68 Å². The monoisotopic (exact) mass is 255 g/mol. The second-order valence-electron chi connectivity index (χ2n) is 3.31. The van der Waals surface area contributed by atoms with Gasteiger partial charge in [-0.05, 0) is 6.92 Å². The Hall–Kier alpha value is -2.38. The van der Waals surface area contributed by atoms with E-state index in [1.54, 1.807) is 6.92 Å². The first-order valence-electron chi connectivity index (χ1n) is 5.21. The number of amides is 1. The number of ether oxygens (including phenoxy) is 1. The van der Waals surface area contributed by atoms with Gasteiger partial charge in [0.25, 0.3) is 5.91 Å². The predicted octanol–water partition coefficient (Wildman–Crippen LogP) is -0.739. The van der Waals surface area contributed by atoms with Crippen molar-refractivity contribution < 1.29 is 24.2 Å². The maximum absolute atomic E-state index is 11.5. The van der Waals surface area contributed by atoms with Crippen molar-refractivity contribution in [1.82, 2.24) is 15.1 Å². The van der Waals surface area contributed by atoms with Crippen LogP contribution in [0, 0.1) is 0 Å². The molecular formula is C10H13N3O5. The highest BCUT2D eigenvalue weighted by Gasteiger charge is 2.11. The van der Waals surface area contributed by atoms with Crippen LogP contribution in [0.4, 0.5) is 0 Å². The summed E-state index contributed by atoms with van der Waals surface area (Å²) in [6, 6.07) is 0. The van der Waals surface area contributed by atoms with Crippen molar-refractivity contribution in [2.45, 2.75) is 13.5 Å². The molecule has 0 radical (unpaired) electrons. The standard InChI is InChI=1S/C10H13N3O5/c1-2-18-9(16)4-11-10(17)7-3-12-13(5-7)6-8(14)15/h3,5H,2,4,6H2,1H3,(H,11,17)(H,14,15). The summed E-state index contributed by atoms with van der Waals surface area (Å²) in [7, 11) is 0. The summed E-state index contributed by atoms with van der Waals surface area (Å²) < 4.78 is 5.75. The summed E-state index contributed by atoms with van der Waals surface area (Å²) in [6.45, 7) is 1.34. The third-order valence-electron chi connectivity index (χ3n) is 1.89. The van der Waals surface area contributed by atoms with Gasteiger partial charge < -0.3 is 15.2 Å². The lowest BCUT2D eigenvalue weighted by atomic mass is 10.3. The first-order valence-corrected chi connectivity index (χ1v) is 5.21. The van der Waals surface area contributed by atoms with E-state index in [2.05, 4.69) is 15.2 Å². The molecule has 0 atom stereocenters. The average Bonchev–Trinajstić information content (AvgIpc) is 2.74. The van der Waals surface area contributed by atoms with E-state index in [-0.39, 0.29) is 25.3 Å². The Morgan fingerprint density at radius 2 is 2.22 bits per heavy atom. The minimum absolute atomic E-state index is 0.181. The summed E-state index contributed by atoms with van der Waals surface area (Å²) in [5, 5.41) is 14.6. The number of aliphatic carboxylic acids is 1. The summed E-state index contributed by atoms with van der Waals surface area (Å²) in [4.78, 5) is 32.9. The Bertz CT molecular complexity index is 454. The Balaban J connectivity index is 2.49. The zero-order chi connectivity index (χ0) is 13.5. The average molecular weight is 255 g/mol. The Morgan fingerprint density at radius 3 is 2.83 bits per heavy atom. The number of nitrogens with one attached hydrogen (secondary N) is 1. The molecule has 0 fully saturated rings. The van der Waals surface area contributed by atoms with Gasteiger partial charge in [0.05, 0.1) is 18.4 Å². The van der Waals surface area contributed by atoms with E-state index in [4.69, 9.17) is 5.11 Å². The molecule has 0 aromatic carbocycles. The van der Waals surface area contributed by atoms with E-state index >= 15 is 0 Å². The highest BCUT2D eigenvalue weighted by molar-refractivity contribution is 5.95. The van der Waals surface area contributed by atoms with Gasteiger partial charge in [-0.25, -0.2) is 0 Å². The number of esters is 1. The number of rotatable bonds is 6. The van der Waals surface area contributed by atoms with E-state index in [1.807, 2.05) is 0 Å². The van der Waals surface area contributed by atoms with Crippen molar-refractivity contribution >= 4 is 17.8 Å². The molecule has 98 valence electrons. The third kappa shape index (κ3) is 4.24. The molecule has 0 saturated heterocycles. The maximum Gasteiger partial charge on any atom is 0.325 e. The van der Waals surface area contributed by atoms with E-state index in [0.29, 0.717) is 0 Å². The molecule has 8 heteroatoms. The summed E-state index contributed by atoms with van der Waals surface area (Å²) in [5.41, 5.74) is 0.181. The first-order chi connectivity index (χ1) is 8.52. The van der Waals surface area contributed by atoms with Gasteiger partial charge >= 0.3 is 11.9 Å². The topological polar surface area (TPSA) is 111 Å². The van der Waals surface area contributed by atoms with Crippen molar-refractivity contribution in [2.75, 3.05) is 13.2 Å². The Morgan fingerprint density at radius 1 is 1.50 bits per heavy atom.